The quantitative estimate of drug-likeness (QED) is 0.168. The summed E-state index contributed by atoms with van der Waals surface area (Å²) in [7, 11) is 0. The van der Waals surface area contributed by atoms with E-state index >= 15 is 0 Å². The monoisotopic (exact) mass is 611 g/mol. The van der Waals surface area contributed by atoms with Gasteiger partial charge in [-0.05, 0) is 70.1 Å². The van der Waals surface area contributed by atoms with Crippen LogP contribution in [0.4, 0.5) is 4.79 Å². The van der Waals surface area contributed by atoms with Gasteiger partial charge in [0.1, 0.15) is 23.7 Å². The van der Waals surface area contributed by atoms with E-state index in [-0.39, 0.29) is 53.9 Å². The Labute approximate surface area is 260 Å². The number of alkyl carbamates (subject to hydrolysis) is 1. The van der Waals surface area contributed by atoms with Gasteiger partial charge in [-0.1, -0.05) is 62.3 Å². The number of carbonyl (C=O) groups is 5. The van der Waals surface area contributed by atoms with Crippen LogP contribution in [0.2, 0.25) is 0 Å². The van der Waals surface area contributed by atoms with Crippen molar-refractivity contribution in [3.05, 3.63) is 0 Å². The third kappa shape index (κ3) is 17.1. The first kappa shape index (κ1) is 40.1. The molecule has 0 bridgehead atoms. The molecule has 0 rings (SSSR count). The lowest BCUT2D eigenvalue weighted by Gasteiger charge is -2.31. The van der Waals surface area contributed by atoms with Gasteiger partial charge in [0.2, 0.25) is 23.6 Å². The van der Waals surface area contributed by atoms with Crippen LogP contribution in [0.25, 0.3) is 0 Å². The van der Waals surface area contributed by atoms with Gasteiger partial charge in [-0.3, -0.25) is 19.2 Å². The van der Waals surface area contributed by atoms with E-state index in [1.54, 1.807) is 41.5 Å². The lowest BCUT2D eigenvalue weighted by Crippen LogP contribution is -2.58. The van der Waals surface area contributed by atoms with E-state index in [1.807, 2.05) is 34.6 Å². The number of hydrogen-bond acceptors (Lipinski definition) is 6. The number of amides is 5. The van der Waals surface area contributed by atoms with Crippen LogP contribution >= 0.6 is 0 Å². The van der Waals surface area contributed by atoms with E-state index < -0.39 is 35.7 Å². The Balaban J connectivity index is 5.47. The average Bonchev–Trinajstić information content (AvgIpc) is 2.82. The summed E-state index contributed by atoms with van der Waals surface area (Å²) < 4.78 is 5.31. The smallest absolute Gasteiger partial charge is 0.408 e. The molecule has 0 saturated heterocycles. The first-order valence-corrected chi connectivity index (χ1v) is 15.8. The Kier molecular flexibility index (Phi) is 17.5. The zero-order valence-corrected chi connectivity index (χ0v) is 29.0. The molecule has 5 atom stereocenters. The molecule has 5 N–H and O–H groups in total. The molecule has 0 aromatic heterocycles. The van der Waals surface area contributed by atoms with Gasteiger partial charge < -0.3 is 31.3 Å². The number of carbonyl (C=O) groups excluding carboxylic acids is 5. The van der Waals surface area contributed by atoms with Crippen LogP contribution in [0.15, 0.2) is 0 Å². The molecule has 250 valence electrons. The number of ether oxygens (including phenoxy) is 1. The van der Waals surface area contributed by atoms with Crippen LogP contribution in [0, 0.1) is 29.6 Å². The largest absolute Gasteiger partial charge is 0.444 e. The standard InChI is InChI=1S/C32H61N5O6/c1-18(2)14-15-33-28(39)23(10)34-25(38)17-22(9)24(16-19(3)4)35-29(40)26(20(5)6)36-30(41)27(21(7)8)37-31(42)43-32(11,12)13/h18-24,26-27H,14-17H2,1-13H3,(H,33,39)(H,34,38)(H,35,40)(H,36,41)(H,37,42)/t22-,23-,24+,26-,27-/m0/s1. The number of nitrogens with one attached hydrogen (secondary N) is 5. The van der Waals surface area contributed by atoms with Crippen LogP contribution in [0.1, 0.15) is 109 Å². The average molecular weight is 612 g/mol. The predicted molar refractivity (Wildman–Crippen MR) is 170 cm³/mol. The van der Waals surface area contributed by atoms with Crippen LogP contribution in [0.5, 0.6) is 0 Å². The van der Waals surface area contributed by atoms with Crippen molar-refractivity contribution < 1.29 is 28.7 Å². The van der Waals surface area contributed by atoms with Crippen LogP contribution in [-0.2, 0) is 23.9 Å². The number of rotatable bonds is 17. The van der Waals surface area contributed by atoms with E-state index in [1.165, 1.54) is 0 Å². The van der Waals surface area contributed by atoms with E-state index in [4.69, 9.17) is 4.74 Å². The first-order chi connectivity index (χ1) is 19.6. The van der Waals surface area contributed by atoms with Gasteiger partial charge in [0.05, 0.1) is 0 Å². The van der Waals surface area contributed by atoms with Gasteiger partial charge in [-0.15, -0.1) is 0 Å². The van der Waals surface area contributed by atoms with Gasteiger partial charge in [-0.2, -0.15) is 0 Å². The van der Waals surface area contributed by atoms with Gasteiger partial charge in [0.25, 0.3) is 0 Å². The molecule has 0 aromatic carbocycles. The normalized spacial score (nSPS) is 15.4. The summed E-state index contributed by atoms with van der Waals surface area (Å²) in [5.41, 5.74) is -0.723. The Hall–Kier alpha value is -2.85. The molecule has 0 aliphatic carbocycles. The summed E-state index contributed by atoms with van der Waals surface area (Å²) in [4.78, 5) is 64.3. The maximum absolute atomic E-state index is 13.5. The molecule has 5 amide bonds. The third-order valence-electron chi connectivity index (χ3n) is 6.91. The molecule has 0 fully saturated rings. The molecular formula is C32H61N5O6. The summed E-state index contributed by atoms with van der Waals surface area (Å²) >= 11 is 0. The highest BCUT2D eigenvalue weighted by Gasteiger charge is 2.33. The molecule has 43 heavy (non-hydrogen) atoms. The molecule has 0 spiro atoms. The Morgan fingerprint density at radius 1 is 0.651 bits per heavy atom. The minimum absolute atomic E-state index is 0.120. The molecule has 0 aliphatic heterocycles. The zero-order chi connectivity index (χ0) is 33.7. The second-order valence-corrected chi connectivity index (χ2v) is 14.3. The maximum Gasteiger partial charge on any atom is 0.408 e. The topological polar surface area (TPSA) is 155 Å². The van der Waals surface area contributed by atoms with Crippen LogP contribution in [-0.4, -0.2) is 66.0 Å². The summed E-state index contributed by atoms with van der Waals surface area (Å²) in [6, 6.07) is -2.77. The van der Waals surface area contributed by atoms with Crippen molar-refractivity contribution in [2.24, 2.45) is 29.6 Å². The second-order valence-electron chi connectivity index (χ2n) is 14.3. The molecule has 0 radical (unpaired) electrons. The Morgan fingerprint density at radius 3 is 1.63 bits per heavy atom. The van der Waals surface area contributed by atoms with Crippen LogP contribution < -0.4 is 26.6 Å². The molecule has 0 aromatic rings. The molecule has 0 aliphatic rings. The van der Waals surface area contributed by atoms with Crippen molar-refractivity contribution in [3.8, 4) is 0 Å². The van der Waals surface area contributed by atoms with Crippen LogP contribution in [0.3, 0.4) is 0 Å². The fourth-order valence-electron chi connectivity index (χ4n) is 4.40. The van der Waals surface area contributed by atoms with Crippen molar-refractivity contribution in [1.82, 2.24) is 26.6 Å². The molecule has 0 saturated carbocycles. The Bertz CT molecular complexity index is 912. The molecule has 0 unspecified atom stereocenters. The lowest BCUT2D eigenvalue weighted by atomic mass is 9.89. The molecule has 0 heterocycles. The predicted octanol–water partition coefficient (Wildman–Crippen LogP) is 3.90. The number of hydrogen-bond donors (Lipinski definition) is 5. The second kappa shape index (κ2) is 18.7. The maximum atomic E-state index is 13.5. The summed E-state index contributed by atoms with van der Waals surface area (Å²) in [5.74, 6) is -1.38. The minimum atomic E-state index is -0.900. The highest BCUT2D eigenvalue weighted by molar-refractivity contribution is 5.92. The van der Waals surface area contributed by atoms with Gasteiger partial charge >= 0.3 is 6.09 Å². The third-order valence-corrected chi connectivity index (χ3v) is 6.91. The SMILES string of the molecule is CC(C)CCNC(=O)[C@H](C)NC(=O)C[C@H](C)[C@@H](CC(C)C)NC(=O)[C@@H](NC(=O)[C@@H](NC(=O)OC(C)(C)C)C(C)C)C(C)C. The van der Waals surface area contributed by atoms with Crippen molar-refractivity contribution in [2.75, 3.05) is 6.54 Å². The van der Waals surface area contributed by atoms with E-state index in [9.17, 15) is 24.0 Å². The van der Waals surface area contributed by atoms with Crippen molar-refractivity contribution >= 4 is 29.7 Å². The summed E-state index contributed by atoms with van der Waals surface area (Å²) in [6.07, 6.45) is 0.892. The highest BCUT2D eigenvalue weighted by Crippen LogP contribution is 2.18. The van der Waals surface area contributed by atoms with E-state index in [2.05, 4.69) is 40.4 Å². The van der Waals surface area contributed by atoms with Crippen molar-refractivity contribution in [3.63, 3.8) is 0 Å². The minimum Gasteiger partial charge on any atom is -0.444 e. The van der Waals surface area contributed by atoms with Crippen molar-refractivity contribution in [2.45, 2.75) is 139 Å². The van der Waals surface area contributed by atoms with Gasteiger partial charge in [0, 0.05) is 19.0 Å². The summed E-state index contributed by atoms with van der Waals surface area (Å²) in [5, 5.41) is 14.1. The lowest BCUT2D eigenvalue weighted by molar-refractivity contribution is -0.132. The fourth-order valence-corrected chi connectivity index (χ4v) is 4.40. The highest BCUT2D eigenvalue weighted by atomic mass is 16.6. The summed E-state index contributed by atoms with van der Waals surface area (Å²) in [6.45, 7) is 24.8. The first-order valence-electron chi connectivity index (χ1n) is 15.8. The zero-order valence-electron chi connectivity index (χ0n) is 29.0. The van der Waals surface area contributed by atoms with Gasteiger partial charge in [0.15, 0.2) is 0 Å². The molecular weight excluding hydrogens is 550 g/mol. The molecule has 11 nitrogen and oxygen atoms in total. The molecule has 11 heteroatoms. The fraction of sp³-hybridized carbons (Fsp3) is 0.844. The van der Waals surface area contributed by atoms with E-state index in [0.717, 1.165) is 6.42 Å². The van der Waals surface area contributed by atoms with Crippen molar-refractivity contribution in [1.29, 1.82) is 0 Å². The van der Waals surface area contributed by atoms with Gasteiger partial charge in [-0.25, -0.2) is 4.79 Å². The Morgan fingerprint density at radius 2 is 1.16 bits per heavy atom. The van der Waals surface area contributed by atoms with E-state index in [0.29, 0.717) is 18.9 Å².